The van der Waals surface area contributed by atoms with E-state index in [4.69, 9.17) is 10.2 Å². The van der Waals surface area contributed by atoms with Crippen molar-refractivity contribution in [2.45, 2.75) is 17.5 Å². The minimum Gasteiger partial charge on any atom is -0.465 e. The molecule has 1 aliphatic rings. The number of sulfonamides is 1. The number of halogens is 1. The standard InChI is InChI=1S/C12H15FN2O5S/c1-14(12(17)18)9-5-15(6-9)21(19,20)11-4-8(7-16)2-3-10(11)13/h2-4,9,16H,5-7H2,1H3,(H,17,18). The molecule has 1 heterocycles. The van der Waals surface area contributed by atoms with Crippen molar-refractivity contribution in [2.24, 2.45) is 0 Å². The topological polar surface area (TPSA) is 98.2 Å². The summed E-state index contributed by atoms with van der Waals surface area (Å²) in [5, 5.41) is 17.8. The predicted molar refractivity (Wildman–Crippen MR) is 70.7 cm³/mol. The first-order valence-electron chi connectivity index (χ1n) is 6.12. The van der Waals surface area contributed by atoms with E-state index in [0.29, 0.717) is 0 Å². The Kier molecular flexibility index (Phi) is 4.17. The van der Waals surface area contributed by atoms with Gasteiger partial charge >= 0.3 is 6.09 Å². The van der Waals surface area contributed by atoms with Gasteiger partial charge in [-0.3, -0.25) is 0 Å². The Balaban J connectivity index is 2.20. The van der Waals surface area contributed by atoms with Gasteiger partial charge in [-0.1, -0.05) is 6.07 Å². The highest BCUT2D eigenvalue weighted by Crippen LogP contribution is 2.26. The lowest BCUT2D eigenvalue weighted by Crippen LogP contribution is -2.61. The number of likely N-dealkylation sites (N-methyl/N-ethyl adjacent to an activating group) is 1. The number of amides is 1. The van der Waals surface area contributed by atoms with Crippen LogP contribution < -0.4 is 0 Å². The number of aliphatic hydroxyl groups is 1. The molecule has 1 amide bonds. The summed E-state index contributed by atoms with van der Waals surface area (Å²) in [5.74, 6) is -0.901. The van der Waals surface area contributed by atoms with Gasteiger partial charge in [-0.25, -0.2) is 17.6 Å². The molecule has 7 nitrogen and oxygen atoms in total. The molecular weight excluding hydrogens is 303 g/mol. The van der Waals surface area contributed by atoms with Crippen LogP contribution in [-0.4, -0.2) is 60.1 Å². The van der Waals surface area contributed by atoms with E-state index < -0.39 is 39.5 Å². The third-order valence-electron chi connectivity index (χ3n) is 3.47. The fourth-order valence-corrected chi connectivity index (χ4v) is 3.63. The first kappa shape index (κ1) is 15.7. The van der Waals surface area contributed by atoms with Crippen LogP contribution in [0, 0.1) is 5.82 Å². The summed E-state index contributed by atoms with van der Waals surface area (Å²) < 4.78 is 39.3. The van der Waals surface area contributed by atoms with Crippen molar-refractivity contribution in [3.8, 4) is 0 Å². The van der Waals surface area contributed by atoms with Crippen molar-refractivity contribution >= 4 is 16.1 Å². The van der Waals surface area contributed by atoms with Gasteiger partial charge in [0.1, 0.15) is 10.7 Å². The SMILES string of the molecule is CN(C(=O)O)C1CN(S(=O)(=O)c2cc(CO)ccc2F)C1. The lowest BCUT2D eigenvalue weighted by Gasteiger charge is -2.41. The summed E-state index contributed by atoms with van der Waals surface area (Å²) in [6.07, 6.45) is -1.15. The molecule has 0 radical (unpaired) electrons. The second-order valence-corrected chi connectivity index (χ2v) is 6.70. The van der Waals surface area contributed by atoms with E-state index in [0.717, 1.165) is 21.3 Å². The Morgan fingerprint density at radius 1 is 1.48 bits per heavy atom. The molecule has 0 bridgehead atoms. The predicted octanol–water partition coefficient (Wildman–Crippen LogP) is 0.301. The van der Waals surface area contributed by atoms with Crippen LogP contribution in [0.2, 0.25) is 0 Å². The molecule has 2 N–H and O–H groups in total. The molecule has 0 unspecified atom stereocenters. The van der Waals surface area contributed by atoms with Gasteiger partial charge < -0.3 is 15.1 Å². The maximum atomic E-state index is 13.7. The van der Waals surface area contributed by atoms with E-state index in [2.05, 4.69) is 0 Å². The lowest BCUT2D eigenvalue weighted by atomic mass is 10.1. The number of carboxylic acid groups (broad SMARTS) is 1. The van der Waals surface area contributed by atoms with E-state index in [1.807, 2.05) is 0 Å². The fraction of sp³-hybridized carbons (Fsp3) is 0.417. The van der Waals surface area contributed by atoms with E-state index in [9.17, 15) is 17.6 Å². The monoisotopic (exact) mass is 318 g/mol. The van der Waals surface area contributed by atoms with Crippen molar-refractivity contribution in [1.82, 2.24) is 9.21 Å². The van der Waals surface area contributed by atoms with Crippen LogP contribution in [0.3, 0.4) is 0 Å². The molecule has 2 rings (SSSR count). The summed E-state index contributed by atoms with van der Waals surface area (Å²) in [7, 11) is -2.68. The van der Waals surface area contributed by atoms with Crippen LogP contribution in [0.25, 0.3) is 0 Å². The third kappa shape index (κ3) is 2.85. The van der Waals surface area contributed by atoms with Crippen LogP contribution in [0.5, 0.6) is 0 Å². The number of nitrogens with zero attached hydrogens (tertiary/aromatic N) is 2. The normalized spacial score (nSPS) is 16.5. The Hall–Kier alpha value is -1.71. The van der Waals surface area contributed by atoms with Crippen LogP contribution >= 0.6 is 0 Å². The van der Waals surface area contributed by atoms with Crippen molar-refractivity contribution < 1.29 is 27.8 Å². The average Bonchev–Trinajstić information content (AvgIpc) is 2.36. The highest BCUT2D eigenvalue weighted by Gasteiger charge is 2.41. The van der Waals surface area contributed by atoms with Gasteiger partial charge in [0.2, 0.25) is 10.0 Å². The fourth-order valence-electron chi connectivity index (χ4n) is 2.00. The third-order valence-corrected chi connectivity index (χ3v) is 5.32. The molecule has 1 fully saturated rings. The Morgan fingerprint density at radius 2 is 2.10 bits per heavy atom. The number of aliphatic hydroxyl groups excluding tert-OH is 1. The van der Waals surface area contributed by atoms with E-state index >= 15 is 0 Å². The molecule has 1 aliphatic heterocycles. The van der Waals surface area contributed by atoms with Crippen LogP contribution in [0.15, 0.2) is 23.1 Å². The number of benzene rings is 1. The summed E-state index contributed by atoms with van der Waals surface area (Å²) >= 11 is 0. The van der Waals surface area contributed by atoms with E-state index in [-0.39, 0.29) is 18.7 Å². The number of rotatable bonds is 4. The molecule has 116 valence electrons. The molecule has 0 spiro atoms. The Bertz CT molecular complexity index is 658. The summed E-state index contributed by atoms with van der Waals surface area (Å²) in [6.45, 7) is -0.435. The average molecular weight is 318 g/mol. The summed E-state index contributed by atoms with van der Waals surface area (Å²) in [5.41, 5.74) is 0.287. The van der Waals surface area contributed by atoms with Crippen molar-refractivity contribution in [2.75, 3.05) is 20.1 Å². The quantitative estimate of drug-likeness (QED) is 0.832. The zero-order valence-corrected chi connectivity index (χ0v) is 12.0. The smallest absolute Gasteiger partial charge is 0.407 e. The summed E-state index contributed by atoms with van der Waals surface area (Å²) in [6, 6.07) is 2.92. The second-order valence-electron chi connectivity index (χ2n) is 4.79. The Labute approximate surface area is 121 Å². The minimum absolute atomic E-state index is 0.0199. The molecule has 0 aromatic heterocycles. The van der Waals surface area contributed by atoms with Crippen molar-refractivity contribution in [1.29, 1.82) is 0 Å². The molecule has 0 atom stereocenters. The molecule has 0 aliphatic carbocycles. The maximum absolute atomic E-state index is 13.7. The van der Waals surface area contributed by atoms with Crippen molar-refractivity contribution in [3.05, 3.63) is 29.6 Å². The number of carbonyl (C=O) groups is 1. The van der Waals surface area contributed by atoms with Gasteiger partial charge in [0.25, 0.3) is 0 Å². The first-order chi connectivity index (χ1) is 9.77. The van der Waals surface area contributed by atoms with Gasteiger partial charge in [0, 0.05) is 20.1 Å². The van der Waals surface area contributed by atoms with Gasteiger partial charge in [-0.2, -0.15) is 4.31 Å². The highest BCUT2D eigenvalue weighted by atomic mass is 32.2. The van der Waals surface area contributed by atoms with Gasteiger partial charge in [0.15, 0.2) is 0 Å². The Morgan fingerprint density at radius 3 is 2.62 bits per heavy atom. The van der Waals surface area contributed by atoms with Gasteiger partial charge in [-0.05, 0) is 17.7 Å². The van der Waals surface area contributed by atoms with E-state index in [1.165, 1.54) is 13.1 Å². The lowest BCUT2D eigenvalue weighted by molar-refractivity contribution is 0.0919. The van der Waals surface area contributed by atoms with E-state index in [1.54, 1.807) is 0 Å². The zero-order valence-electron chi connectivity index (χ0n) is 11.2. The van der Waals surface area contributed by atoms with Crippen LogP contribution in [-0.2, 0) is 16.6 Å². The molecule has 1 saturated heterocycles. The second kappa shape index (κ2) is 5.58. The number of hydrogen-bond donors (Lipinski definition) is 2. The molecule has 21 heavy (non-hydrogen) atoms. The molecule has 0 saturated carbocycles. The van der Waals surface area contributed by atoms with Gasteiger partial charge in [0.05, 0.1) is 12.6 Å². The molecule has 1 aromatic rings. The molecule has 1 aromatic carbocycles. The zero-order chi connectivity index (χ0) is 15.8. The van der Waals surface area contributed by atoms with Crippen LogP contribution in [0.4, 0.5) is 9.18 Å². The molecule has 9 heteroatoms. The highest BCUT2D eigenvalue weighted by molar-refractivity contribution is 7.89. The molecular formula is C12H15FN2O5S. The maximum Gasteiger partial charge on any atom is 0.407 e. The minimum atomic E-state index is -4.03. The van der Waals surface area contributed by atoms with Crippen LogP contribution in [0.1, 0.15) is 5.56 Å². The number of hydrogen-bond acceptors (Lipinski definition) is 4. The largest absolute Gasteiger partial charge is 0.465 e. The van der Waals surface area contributed by atoms with Crippen molar-refractivity contribution in [3.63, 3.8) is 0 Å². The summed E-state index contributed by atoms with van der Waals surface area (Å²) in [4.78, 5) is 11.3. The van der Waals surface area contributed by atoms with Gasteiger partial charge in [-0.15, -0.1) is 0 Å². The first-order valence-corrected chi connectivity index (χ1v) is 7.56.